The lowest BCUT2D eigenvalue weighted by Crippen LogP contribution is -2.05. The Bertz CT molecular complexity index is 331. The number of ether oxygens (including phenoxy) is 1. The van der Waals surface area contributed by atoms with E-state index in [9.17, 15) is 13.9 Å². The van der Waals surface area contributed by atoms with E-state index in [1.165, 1.54) is 7.11 Å². The normalized spacial score (nSPS) is 12.6. The molecule has 0 aromatic heterocycles. The Morgan fingerprint density at radius 1 is 1.50 bits per heavy atom. The van der Waals surface area contributed by atoms with E-state index in [2.05, 4.69) is 0 Å². The molecule has 0 saturated heterocycles. The van der Waals surface area contributed by atoms with Gasteiger partial charge in [-0.25, -0.2) is 8.78 Å². The number of benzene rings is 1. The van der Waals surface area contributed by atoms with Gasteiger partial charge in [-0.2, -0.15) is 0 Å². The molecule has 14 heavy (non-hydrogen) atoms. The number of hydrogen-bond acceptors (Lipinski definition) is 2. The second-order valence-corrected chi connectivity index (χ2v) is 2.98. The third-order valence-corrected chi connectivity index (χ3v) is 2.05. The highest BCUT2D eigenvalue weighted by atomic mass is 35.5. The molecular formula is C9H9ClF2O2. The maximum Gasteiger partial charge on any atom is 0.135 e. The van der Waals surface area contributed by atoms with Crippen molar-refractivity contribution in [1.29, 1.82) is 0 Å². The molecule has 0 radical (unpaired) electrons. The van der Waals surface area contributed by atoms with Gasteiger partial charge in [-0.15, -0.1) is 11.6 Å². The number of rotatable bonds is 3. The zero-order chi connectivity index (χ0) is 10.7. The minimum Gasteiger partial charge on any atom is -0.496 e. The minimum absolute atomic E-state index is 0.0457. The lowest BCUT2D eigenvalue weighted by molar-refractivity contribution is 0.191. The van der Waals surface area contributed by atoms with Crippen LogP contribution in [0.4, 0.5) is 8.78 Å². The molecule has 1 aromatic rings. The van der Waals surface area contributed by atoms with Crippen molar-refractivity contribution in [2.75, 3.05) is 13.0 Å². The molecular weight excluding hydrogens is 214 g/mol. The summed E-state index contributed by atoms with van der Waals surface area (Å²) in [7, 11) is 1.26. The van der Waals surface area contributed by atoms with Gasteiger partial charge in [0.05, 0.1) is 24.7 Å². The summed E-state index contributed by atoms with van der Waals surface area (Å²) < 4.78 is 30.7. The highest BCUT2D eigenvalue weighted by molar-refractivity contribution is 6.18. The summed E-state index contributed by atoms with van der Waals surface area (Å²) in [6, 6.07) is 1.67. The maximum atomic E-state index is 13.2. The fraction of sp³-hybridized carbons (Fsp3) is 0.333. The standard InChI is InChI=1S/C9H9ClF2O2/c1-14-8-3-5(11)2-6(12)9(8)7(13)4-10/h2-3,7,13H,4H2,1H3. The van der Waals surface area contributed by atoms with Gasteiger partial charge < -0.3 is 9.84 Å². The zero-order valence-electron chi connectivity index (χ0n) is 7.43. The molecule has 0 aliphatic carbocycles. The van der Waals surface area contributed by atoms with Gasteiger partial charge in [0, 0.05) is 12.1 Å². The molecule has 0 aliphatic rings. The van der Waals surface area contributed by atoms with Crippen LogP contribution in [0.25, 0.3) is 0 Å². The van der Waals surface area contributed by atoms with Crippen LogP contribution in [0.15, 0.2) is 12.1 Å². The molecule has 1 N–H and O–H groups in total. The summed E-state index contributed by atoms with van der Waals surface area (Å²) in [5, 5.41) is 9.34. The van der Waals surface area contributed by atoms with Gasteiger partial charge in [0.1, 0.15) is 17.4 Å². The van der Waals surface area contributed by atoms with Gasteiger partial charge >= 0.3 is 0 Å². The van der Waals surface area contributed by atoms with Gasteiger partial charge in [-0.05, 0) is 0 Å². The first-order valence-corrected chi connectivity index (χ1v) is 4.40. The summed E-state index contributed by atoms with van der Waals surface area (Å²) in [5.74, 6) is -1.85. The van der Waals surface area contributed by atoms with Crippen molar-refractivity contribution in [2.45, 2.75) is 6.10 Å². The molecule has 0 amide bonds. The van der Waals surface area contributed by atoms with Crippen LogP contribution >= 0.6 is 11.6 Å². The van der Waals surface area contributed by atoms with E-state index in [-0.39, 0.29) is 17.2 Å². The first kappa shape index (κ1) is 11.2. The van der Waals surface area contributed by atoms with Crippen LogP contribution in [-0.4, -0.2) is 18.1 Å². The Morgan fingerprint density at radius 2 is 2.14 bits per heavy atom. The number of aliphatic hydroxyl groups is 1. The van der Waals surface area contributed by atoms with Crippen molar-refractivity contribution in [3.8, 4) is 5.75 Å². The molecule has 0 heterocycles. The molecule has 78 valence electrons. The van der Waals surface area contributed by atoms with Crippen LogP contribution in [0.2, 0.25) is 0 Å². The van der Waals surface area contributed by atoms with Crippen LogP contribution in [0.5, 0.6) is 5.75 Å². The summed E-state index contributed by atoms with van der Waals surface area (Å²) in [4.78, 5) is 0. The average Bonchev–Trinajstić information content (AvgIpc) is 2.15. The van der Waals surface area contributed by atoms with E-state index in [1.54, 1.807) is 0 Å². The molecule has 1 rings (SSSR count). The Morgan fingerprint density at radius 3 is 2.64 bits per heavy atom. The van der Waals surface area contributed by atoms with Crippen LogP contribution in [-0.2, 0) is 0 Å². The number of halogens is 3. The van der Waals surface area contributed by atoms with E-state index in [4.69, 9.17) is 16.3 Å². The summed E-state index contributed by atoms with van der Waals surface area (Å²) >= 11 is 5.36. The second-order valence-electron chi connectivity index (χ2n) is 2.67. The minimum atomic E-state index is -1.20. The first-order chi connectivity index (χ1) is 6.60. The summed E-state index contributed by atoms with van der Waals surface area (Å²) in [5.41, 5.74) is -0.121. The highest BCUT2D eigenvalue weighted by Crippen LogP contribution is 2.29. The molecule has 0 aliphatic heterocycles. The van der Waals surface area contributed by atoms with Crippen molar-refractivity contribution < 1.29 is 18.6 Å². The van der Waals surface area contributed by atoms with Crippen LogP contribution in [0.3, 0.4) is 0 Å². The number of alkyl halides is 1. The van der Waals surface area contributed by atoms with E-state index in [0.717, 1.165) is 6.07 Å². The Balaban J connectivity index is 3.24. The third-order valence-electron chi connectivity index (χ3n) is 1.76. The lowest BCUT2D eigenvalue weighted by atomic mass is 10.1. The van der Waals surface area contributed by atoms with Gasteiger partial charge in [0.25, 0.3) is 0 Å². The van der Waals surface area contributed by atoms with Crippen LogP contribution in [0.1, 0.15) is 11.7 Å². The average molecular weight is 223 g/mol. The Hall–Kier alpha value is -0.870. The smallest absolute Gasteiger partial charge is 0.135 e. The SMILES string of the molecule is COc1cc(F)cc(F)c1C(O)CCl. The quantitative estimate of drug-likeness (QED) is 0.795. The first-order valence-electron chi connectivity index (χ1n) is 3.87. The van der Waals surface area contributed by atoms with Gasteiger partial charge in [-0.3, -0.25) is 0 Å². The second kappa shape index (κ2) is 4.57. The number of aliphatic hydroxyl groups excluding tert-OH is 1. The van der Waals surface area contributed by atoms with E-state index < -0.39 is 17.7 Å². The van der Waals surface area contributed by atoms with Crippen LogP contribution in [0, 0.1) is 11.6 Å². The van der Waals surface area contributed by atoms with Gasteiger partial charge in [-0.1, -0.05) is 0 Å². The maximum absolute atomic E-state index is 13.2. The molecule has 0 bridgehead atoms. The molecule has 1 aromatic carbocycles. The molecule has 0 saturated carbocycles. The van der Waals surface area contributed by atoms with Crippen LogP contribution < -0.4 is 4.74 Å². The Kier molecular flexibility index (Phi) is 3.66. The third kappa shape index (κ3) is 2.13. The van der Waals surface area contributed by atoms with E-state index >= 15 is 0 Å². The van der Waals surface area contributed by atoms with Crippen molar-refractivity contribution in [2.24, 2.45) is 0 Å². The number of methoxy groups -OCH3 is 1. The molecule has 2 nitrogen and oxygen atoms in total. The summed E-state index contributed by atoms with van der Waals surface area (Å²) in [6.07, 6.45) is -1.20. The molecule has 1 unspecified atom stereocenters. The van der Waals surface area contributed by atoms with Gasteiger partial charge in [0.15, 0.2) is 0 Å². The van der Waals surface area contributed by atoms with Crippen molar-refractivity contribution >= 4 is 11.6 Å². The molecule has 0 fully saturated rings. The van der Waals surface area contributed by atoms with Crippen molar-refractivity contribution in [3.05, 3.63) is 29.3 Å². The largest absolute Gasteiger partial charge is 0.496 e. The van der Waals surface area contributed by atoms with Crippen molar-refractivity contribution in [3.63, 3.8) is 0 Å². The zero-order valence-corrected chi connectivity index (χ0v) is 8.18. The van der Waals surface area contributed by atoms with E-state index in [0.29, 0.717) is 6.07 Å². The highest BCUT2D eigenvalue weighted by Gasteiger charge is 2.18. The summed E-state index contributed by atoms with van der Waals surface area (Å²) in [6.45, 7) is 0. The fourth-order valence-corrected chi connectivity index (χ4v) is 1.28. The van der Waals surface area contributed by atoms with E-state index in [1.807, 2.05) is 0 Å². The molecule has 5 heteroatoms. The topological polar surface area (TPSA) is 29.5 Å². The lowest BCUT2D eigenvalue weighted by Gasteiger charge is -2.13. The predicted octanol–water partition coefficient (Wildman–Crippen LogP) is 2.25. The molecule has 0 spiro atoms. The predicted molar refractivity (Wildman–Crippen MR) is 48.6 cm³/mol. The Labute approximate surface area is 85.1 Å². The monoisotopic (exact) mass is 222 g/mol. The van der Waals surface area contributed by atoms with Gasteiger partial charge in [0.2, 0.25) is 0 Å². The fourth-order valence-electron chi connectivity index (χ4n) is 1.13. The number of hydrogen-bond donors (Lipinski definition) is 1. The molecule has 1 atom stereocenters. The van der Waals surface area contributed by atoms with Crippen molar-refractivity contribution in [1.82, 2.24) is 0 Å².